The van der Waals surface area contributed by atoms with Crippen molar-refractivity contribution in [1.82, 2.24) is 0 Å². The Morgan fingerprint density at radius 1 is 1.00 bits per heavy atom. The molecule has 0 saturated heterocycles. The van der Waals surface area contributed by atoms with E-state index < -0.39 is 17.8 Å². The number of benzene rings is 3. The van der Waals surface area contributed by atoms with Crippen molar-refractivity contribution in [2.45, 2.75) is 18.6 Å². The Kier molecular flexibility index (Phi) is 5.43. The smallest absolute Gasteiger partial charge is 0.370 e. The molecule has 1 unspecified atom stereocenters. The number of rotatable bonds is 4. The highest BCUT2D eigenvalue weighted by atomic mass is 35.5. The Hall–Kier alpha value is -2.99. The SMILES string of the molecule is O=C(C(Nc1cccc(Cl)c1)c1ccc(C(F)(F)F)cc1)N1CCc2ccccc21. The van der Waals surface area contributed by atoms with Crippen molar-refractivity contribution >= 4 is 28.9 Å². The molecule has 1 amide bonds. The van der Waals surface area contributed by atoms with Crippen LogP contribution in [0.2, 0.25) is 5.02 Å². The molecule has 3 nitrogen and oxygen atoms in total. The summed E-state index contributed by atoms with van der Waals surface area (Å²) in [4.78, 5) is 15.2. The van der Waals surface area contributed by atoms with Gasteiger partial charge in [0.15, 0.2) is 0 Å². The predicted molar refractivity (Wildman–Crippen MR) is 112 cm³/mol. The van der Waals surface area contributed by atoms with Gasteiger partial charge in [0.05, 0.1) is 5.56 Å². The van der Waals surface area contributed by atoms with E-state index >= 15 is 0 Å². The molecule has 4 rings (SSSR count). The van der Waals surface area contributed by atoms with Crippen molar-refractivity contribution < 1.29 is 18.0 Å². The molecule has 1 heterocycles. The van der Waals surface area contributed by atoms with Gasteiger partial charge in [-0.15, -0.1) is 0 Å². The van der Waals surface area contributed by atoms with Crippen molar-refractivity contribution in [1.29, 1.82) is 0 Å². The fourth-order valence-corrected chi connectivity index (χ4v) is 3.81. The summed E-state index contributed by atoms with van der Waals surface area (Å²) in [7, 11) is 0. The monoisotopic (exact) mass is 430 g/mol. The molecule has 1 N–H and O–H groups in total. The molecular formula is C23H18ClF3N2O. The van der Waals surface area contributed by atoms with Gasteiger partial charge in [-0.05, 0) is 53.9 Å². The normalized spacial score (nSPS) is 14.3. The van der Waals surface area contributed by atoms with Gasteiger partial charge in [0, 0.05) is 22.9 Å². The van der Waals surface area contributed by atoms with Crippen LogP contribution in [0, 0.1) is 0 Å². The second-order valence-electron chi connectivity index (χ2n) is 7.08. The third-order valence-corrected chi connectivity index (χ3v) is 5.34. The molecule has 1 atom stereocenters. The minimum absolute atomic E-state index is 0.236. The van der Waals surface area contributed by atoms with Gasteiger partial charge < -0.3 is 10.2 Å². The van der Waals surface area contributed by atoms with Crippen LogP contribution >= 0.6 is 11.6 Å². The van der Waals surface area contributed by atoms with Gasteiger partial charge in [-0.25, -0.2) is 0 Å². The Morgan fingerprint density at radius 3 is 2.43 bits per heavy atom. The quantitative estimate of drug-likeness (QED) is 0.542. The number of para-hydroxylation sites is 1. The number of anilines is 2. The molecule has 154 valence electrons. The van der Waals surface area contributed by atoms with E-state index in [-0.39, 0.29) is 5.91 Å². The van der Waals surface area contributed by atoms with Crippen LogP contribution in [0.1, 0.15) is 22.7 Å². The van der Waals surface area contributed by atoms with Gasteiger partial charge in [-0.2, -0.15) is 13.2 Å². The van der Waals surface area contributed by atoms with Gasteiger partial charge in [0.25, 0.3) is 5.91 Å². The first-order valence-corrected chi connectivity index (χ1v) is 9.79. The molecule has 0 spiro atoms. The summed E-state index contributed by atoms with van der Waals surface area (Å²) in [5.74, 6) is -0.236. The van der Waals surface area contributed by atoms with Crippen molar-refractivity contribution in [2.75, 3.05) is 16.8 Å². The number of hydrogen-bond acceptors (Lipinski definition) is 2. The standard InChI is InChI=1S/C23H18ClF3N2O/c24-18-5-3-6-19(14-18)28-21(16-8-10-17(11-9-16)23(25,26)27)22(30)29-13-12-15-4-1-2-7-20(15)29/h1-11,14,21,28H,12-13H2. The highest BCUT2D eigenvalue weighted by molar-refractivity contribution is 6.30. The first-order valence-electron chi connectivity index (χ1n) is 9.41. The molecule has 0 fully saturated rings. The van der Waals surface area contributed by atoms with Crippen LogP contribution in [0.4, 0.5) is 24.5 Å². The lowest BCUT2D eigenvalue weighted by molar-refractivity contribution is -0.137. The largest absolute Gasteiger partial charge is 0.416 e. The van der Waals surface area contributed by atoms with Crippen LogP contribution in [-0.2, 0) is 17.4 Å². The van der Waals surface area contributed by atoms with Crippen LogP contribution in [0.15, 0.2) is 72.8 Å². The molecule has 0 radical (unpaired) electrons. The second-order valence-corrected chi connectivity index (χ2v) is 7.51. The highest BCUT2D eigenvalue weighted by Crippen LogP contribution is 2.34. The van der Waals surface area contributed by atoms with Gasteiger partial charge in [-0.1, -0.05) is 48.0 Å². The van der Waals surface area contributed by atoms with Crippen molar-refractivity contribution in [3.63, 3.8) is 0 Å². The summed E-state index contributed by atoms with van der Waals surface area (Å²) in [5, 5.41) is 3.64. The zero-order valence-electron chi connectivity index (χ0n) is 15.8. The number of alkyl halides is 3. The third kappa shape index (κ3) is 4.14. The van der Waals surface area contributed by atoms with Crippen molar-refractivity contribution in [2.24, 2.45) is 0 Å². The Balaban J connectivity index is 1.69. The van der Waals surface area contributed by atoms with E-state index in [1.54, 1.807) is 29.2 Å². The molecule has 7 heteroatoms. The fraction of sp³-hybridized carbons (Fsp3) is 0.174. The van der Waals surface area contributed by atoms with E-state index in [4.69, 9.17) is 11.6 Å². The number of nitrogens with zero attached hydrogens (tertiary/aromatic N) is 1. The molecule has 3 aromatic rings. The van der Waals surface area contributed by atoms with E-state index in [9.17, 15) is 18.0 Å². The number of hydrogen-bond donors (Lipinski definition) is 1. The highest BCUT2D eigenvalue weighted by Gasteiger charge is 2.33. The molecule has 0 bridgehead atoms. The van der Waals surface area contributed by atoms with Gasteiger partial charge in [0.1, 0.15) is 6.04 Å². The molecule has 0 saturated carbocycles. The first-order chi connectivity index (χ1) is 14.3. The lowest BCUT2D eigenvalue weighted by Gasteiger charge is -2.26. The van der Waals surface area contributed by atoms with E-state index in [1.807, 2.05) is 24.3 Å². The predicted octanol–water partition coefficient (Wildman–Crippen LogP) is 6.10. The number of carbonyl (C=O) groups is 1. The maximum atomic E-state index is 13.5. The number of carbonyl (C=O) groups excluding carboxylic acids is 1. The summed E-state index contributed by atoms with van der Waals surface area (Å²) in [6.45, 7) is 0.520. The maximum Gasteiger partial charge on any atom is 0.416 e. The number of amides is 1. The lowest BCUT2D eigenvalue weighted by Crippen LogP contribution is -2.37. The molecular weight excluding hydrogens is 413 g/mol. The molecule has 1 aliphatic heterocycles. The zero-order valence-corrected chi connectivity index (χ0v) is 16.5. The summed E-state index contributed by atoms with van der Waals surface area (Å²) in [6.07, 6.45) is -3.70. The molecule has 0 aliphatic carbocycles. The number of halogens is 4. The number of nitrogens with one attached hydrogen (secondary N) is 1. The third-order valence-electron chi connectivity index (χ3n) is 5.11. The van der Waals surface area contributed by atoms with Crippen LogP contribution in [0.25, 0.3) is 0 Å². The average Bonchev–Trinajstić information content (AvgIpc) is 3.15. The van der Waals surface area contributed by atoms with Crippen LogP contribution in [-0.4, -0.2) is 12.5 Å². The summed E-state index contributed by atoms with van der Waals surface area (Å²) in [5.41, 5.74) is 2.18. The second kappa shape index (κ2) is 8.03. The molecule has 1 aliphatic rings. The van der Waals surface area contributed by atoms with Gasteiger partial charge in [0.2, 0.25) is 0 Å². The minimum Gasteiger partial charge on any atom is -0.370 e. The van der Waals surface area contributed by atoms with E-state index in [0.717, 1.165) is 29.8 Å². The van der Waals surface area contributed by atoms with E-state index in [1.165, 1.54) is 12.1 Å². The Morgan fingerprint density at radius 2 is 1.73 bits per heavy atom. The van der Waals surface area contributed by atoms with Crippen molar-refractivity contribution in [3.8, 4) is 0 Å². The average molecular weight is 431 g/mol. The van der Waals surface area contributed by atoms with Crippen LogP contribution in [0.5, 0.6) is 0 Å². The lowest BCUT2D eigenvalue weighted by atomic mass is 10.0. The fourth-order valence-electron chi connectivity index (χ4n) is 3.62. The minimum atomic E-state index is -4.44. The molecule has 0 aromatic heterocycles. The van der Waals surface area contributed by atoms with E-state index in [0.29, 0.717) is 22.8 Å². The maximum absolute atomic E-state index is 13.5. The summed E-state index contributed by atoms with van der Waals surface area (Å²) in [6, 6.07) is 18.3. The topological polar surface area (TPSA) is 32.3 Å². The van der Waals surface area contributed by atoms with Crippen LogP contribution in [0.3, 0.4) is 0 Å². The van der Waals surface area contributed by atoms with Gasteiger partial charge in [-0.3, -0.25) is 4.79 Å². The Labute approximate surface area is 177 Å². The first kappa shape index (κ1) is 20.3. The van der Waals surface area contributed by atoms with Gasteiger partial charge >= 0.3 is 6.18 Å². The summed E-state index contributed by atoms with van der Waals surface area (Å²) >= 11 is 6.06. The molecule has 3 aromatic carbocycles. The van der Waals surface area contributed by atoms with Crippen LogP contribution < -0.4 is 10.2 Å². The summed E-state index contributed by atoms with van der Waals surface area (Å²) < 4.78 is 38.9. The van der Waals surface area contributed by atoms with E-state index in [2.05, 4.69) is 5.32 Å². The molecule has 30 heavy (non-hydrogen) atoms. The zero-order chi connectivity index (χ0) is 21.3. The Bertz CT molecular complexity index is 1070. The van der Waals surface area contributed by atoms with Crippen molar-refractivity contribution in [3.05, 3.63) is 94.5 Å². The number of fused-ring (bicyclic) bond motifs is 1.